The van der Waals surface area contributed by atoms with Gasteiger partial charge >= 0.3 is 5.97 Å². The summed E-state index contributed by atoms with van der Waals surface area (Å²) in [6.45, 7) is 5.67. The van der Waals surface area contributed by atoms with Gasteiger partial charge in [0.15, 0.2) is 0 Å². The van der Waals surface area contributed by atoms with Gasteiger partial charge in [-0.25, -0.2) is 4.79 Å². The third kappa shape index (κ3) is 3.15. The molecule has 0 radical (unpaired) electrons. The Bertz CT molecular complexity index is 597. The van der Waals surface area contributed by atoms with Gasteiger partial charge in [-0.1, -0.05) is 0 Å². The molecule has 1 N–H and O–H groups in total. The third-order valence-corrected chi connectivity index (χ3v) is 3.29. The number of aromatic nitrogens is 1. The highest BCUT2D eigenvalue weighted by Crippen LogP contribution is 2.23. The van der Waals surface area contributed by atoms with E-state index in [2.05, 4.69) is 16.8 Å². The van der Waals surface area contributed by atoms with Crippen LogP contribution in [0.4, 0.5) is 5.69 Å². The maximum absolute atomic E-state index is 11.0. The Morgan fingerprint density at radius 1 is 1.25 bits per heavy atom. The summed E-state index contributed by atoms with van der Waals surface area (Å²) in [5.74, 6) is -0.892. The lowest BCUT2D eigenvalue weighted by Gasteiger charge is -2.25. The van der Waals surface area contributed by atoms with Gasteiger partial charge in [0.2, 0.25) is 0 Å². The van der Waals surface area contributed by atoms with E-state index in [1.165, 1.54) is 5.56 Å². The van der Waals surface area contributed by atoms with E-state index in [1.807, 2.05) is 25.1 Å². The first-order valence-electron chi connectivity index (χ1n) is 6.59. The van der Waals surface area contributed by atoms with Gasteiger partial charge in [-0.3, -0.25) is 4.98 Å². The molecule has 20 heavy (non-hydrogen) atoms. The third-order valence-electron chi connectivity index (χ3n) is 3.29. The summed E-state index contributed by atoms with van der Waals surface area (Å²) in [6.07, 6.45) is 3.56. The quantitative estimate of drug-likeness (QED) is 0.907. The number of carboxylic acids is 1. The zero-order valence-electron chi connectivity index (χ0n) is 11.7. The number of hydrogen-bond acceptors (Lipinski definition) is 3. The summed E-state index contributed by atoms with van der Waals surface area (Å²) in [4.78, 5) is 17.2. The van der Waals surface area contributed by atoms with Gasteiger partial charge in [-0.15, -0.1) is 0 Å². The average molecular weight is 270 g/mol. The van der Waals surface area contributed by atoms with E-state index in [0.717, 1.165) is 24.3 Å². The standard InChI is InChI=1S/C16H18N2O2/c1-3-18(11-13-6-8-17-9-7-13)15-5-4-14(16(19)20)10-12(15)2/h4-10H,3,11H2,1-2H3,(H,19,20). The molecule has 0 atom stereocenters. The van der Waals surface area contributed by atoms with Crippen molar-refractivity contribution in [1.29, 1.82) is 0 Å². The Morgan fingerprint density at radius 2 is 1.95 bits per heavy atom. The fraction of sp³-hybridized carbons (Fsp3) is 0.250. The number of hydrogen-bond donors (Lipinski definition) is 1. The summed E-state index contributed by atoms with van der Waals surface area (Å²) >= 11 is 0. The van der Waals surface area contributed by atoms with Crippen molar-refractivity contribution in [2.45, 2.75) is 20.4 Å². The van der Waals surface area contributed by atoms with E-state index in [4.69, 9.17) is 5.11 Å². The Hall–Kier alpha value is -2.36. The largest absolute Gasteiger partial charge is 0.478 e. The molecule has 1 aromatic heterocycles. The zero-order chi connectivity index (χ0) is 14.5. The average Bonchev–Trinajstić information content (AvgIpc) is 2.46. The number of carboxylic acid groups (broad SMARTS) is 1. The fourth-order valence-electron chi connectivity index (χ4n) is 2.22. The number of aryl methyl sites for hydroxylation is 1. The molecule has 0 aliphatic heterocycles. The molecule has 4 heteroatoms. The molecule has 4 nitrogen and oxygen atoms in total. The van der Waals surface area contributed by atoms with Crippen LogP contribution in [0.15, 0.2) is 42.7 Å². The van der Waals surface area contributed by atoms with Gasteiger partial charge in [0, 0.05) is 31.2 Å². The van der Waals surface area contributed by atoms with Crippen molar-refractivity contribution in [3.8, 4) is 0 Å². The molecule has 1 heterocycles. The number of nitrogens with zero attached hydrogens (tertiary/aromatic N) is 2. The minimum atomic E-state index is -0.892. The topological polar surface area (TPSA) is 53.4 Å². The second-order valence-electron chi connectivity index (χ2n) is 4.68. The summed E-state index contributed by atoms with van der Waals surface area (Å²) in [7, 11) is 0. The lowest BCUT2D eigenvalue weighted by atomic mass is 10.1. The Balaban J connectivity index is 2.26. The Kier molecular flexibility index (Phi) is 4.35. The number of benzene rings is 1. The van der Waals surface area contributed by atoms with E-state index in [9.17, 15) is 4.79 Å². The molecule has 0 unspecified atom stereocenters. The second kappa shape index (κ2) is 6.19. The van der Waals surface area contributed by atoms with Gasteiger partial charge in [0.1, 0.15) is 0 Å². The monoisotopic (exact) mass is 270 g/mol. The highest BCUT2D eigenvalue weighted by molar-refractivity contribution is 5.88. The summed E-state index contributed by atoms with van der Waals surface area (Å²) in [6, 6.07) is 9.23. The SMILES string of the molecule is CCN(Cc1ccncc1)c1ccc(C(=O)O)cc1C. The highest BCUT2D eigenvalue weighted by atomic mass is 16.4. The number of aromatic carboxylic acids is 1. The summed E-state index contributed by atoms with van der Waals surface area (Å²) < 4.78 is 0. The molecule has 0 bridgehead atoms. The highest BCUT2D eigenvalue weighted by Gasteiger charge is 2.11. The second-order valence-corrected chi connectivity index (χ2v) is 4.68. The van der Waals surface area contributed by atoms with Crippen molar-refractivity contribution >= 4 is 11.7 Å². The van der Waals surface area contributed by atoms with Crippen LogP contribution in [0, 0.1) is 6.92 Å². The lowest BCUT2D eigenvalue weighted by Crippen LogP contribution is -2.23. The molecule has 1 aromatic carbocycles. The summed E-state index contributed by atoms with van der Waals surface area (Å²) in [5.41, 5.74) is 3.55. The van der Waals surface area contributed by atoms with Crippen LogP contribution in [0.25, 0.3) is 0 Å². The van der Waals surface area contributed by atoms with Crippen LogP contribution in [0.3, 0.4) is 0 Å². The van der Waals surface area contributed by atoms with Crippen LogP contribution in [0.2, 0.25) is 0 Å². The van der Waals surface area contributed by atoms with Crippen molar-refractivity contribution < 1.29 is 9.90 Å². The number of carbonyl (C=O) groups is 1. The molecule has 2 rings (SSSR count). The van der Waals surface area contributed by atoms with E-state index < -0.39 is 5.97 Å². The molecule has 0 aliphatic rings. The van der Waals surface area contributed by atoms with Crippen molar-refractivity contribution in [2.75, 3.05) is 11.4 Å². The smallest absolute Gasteiger partial charge is 0.335 e. The molecular weight excluding hydrogens is 252 g/mol. The number of rotatable bonds is 5. The normalized spacial score (nSPS) is 10.3. The van der Waals surface area contributed by atoms with E-state index in [1.54, 1.807) is 24.5 Å². The Labute approximate surface area is 118 Å². The first-order valence-corrected chi connectivity index (χ1v) is 6.59. The van der Waals surface area contributed by atoms with Crippen molar-refractivity contribution in [3.63, 3.8) is 0 Å². The molecule has 2 aromatic rings. The van der Waals surface area contributed by atoms with E-state index >= 15 is 0 Å². The van der Waals surface area contributed by atoms with Gasteiger partial charge in [-0.2, -0.15) is 0 Å². The van der Waals surface area contributed by atoms with Crippen LogP contribution < -0.4 is 4.90 Å². The summed E-state index contributed by atoms with van der Waals surface area (Å²) in [5, 5.41) is 9.01. The van der Waals surface area contributed by atoms with Crippen LogP contribution in [-0.2, 0) is 6.54 Å². The minimum absolute atomic E-state index is 0.325. The molecule has 0 aliphatic carbocycles. The molecule has 0 fully saturated rings. The van der Waals surface area contributed by atoms with Crippen molar-refractivity contribution in [3.05, 3.63) is 59.4 Å². The molecule has 0 saturated carbocycles. The van der Waals surface area contributed by atoms with Crippen LogP contribution in [0.1, 0.15) is 28.4 Å². The fourth-order valence-corrected chi connectivity index (χ4v) is 2.22. The number of anilines is 1. The van der Waals surface area contributed by atoms with Crippen LogP contribution >= 0.6 is 0 Å². The van der Waals surface area contributed by atoms with Gasteiger partial charge in [0.05, 0.1) is 5.56 Å². The predicted molar refractivity (Wildman–Crippen MR) is 79.1 cm³/mol. The maximum Gasteiger partial charge on any atom is 0.335 e. The van der Waals surface area contributed by atoms with Gasteiger partial charge in [-0.05, 0) is 55.3 Å². The van der Waals surface area contributed by atoms with Crippen LogP contribution in [0.5, 0.6) is 0 Å². The molecule has 0 amide bonds. The van der Waals surface area contributed by atoms with Crippen molar-refractivity contribution in [1.82, 2.24) is 4.98 Å². The predicted octanol–water partition coefficient (Wildman–Crippen LogP) is 3.11. The van der Waals surface area contributed by atoms with Gasteiger partial charge < -0.3 is 10.0 Å². The van der Waals surface area contributed by atoms with E-state index in [-0.39, 0.29) is 0 Å². The molecular formula is C16H18N2O2. The Morgan fingerprint density at radius 3 is 2.50 bits per heavy atom. The molecule has 104 valence electrons. The lowest BCUT2D eigenvalue weighted by molar-refractivity contribution is 0.0697. The van der Waals surface area contributed by atoms with E-state index in [0.29, 0.717) is 5.56 Å². The van der Waals surface area contributed by atoms with Crippen molar-refractivity contribution in [2.24, 2.45) is 0 Å². The molecule has 0 saturated heterocycles. The zero-order valence-corrected chi connectivity index (χ0v) is 11.7. The first kappa shape index (κ1) is 14.1. The van der Waals surface area contributed by atoms with Crippen LogP contribution in [-0.4, -0.2) is 22.6 Å². The molecule has 0 spiro atoms. The minimum Gasteiger partial charge on any atom is -0.478 e. The first-order chi connectivity index (χ1) is 9.61. The maximum atomic E-state index is 11.0. The van der Waals surface area contributed by atoms with Gasteiger partial charge in [0.25, 0.3) is 0 Å². The number of pyridine rings is 1.